The van der Waals surface area contributed by atoms with E-state index in [1.165, 1.54) is 12.1 Å². The minimum Gasteiger partial charge on any atom is -0.383 e. The Morgan fingerprint density at radius 2 is 2.00 bits per heavy atom. The van der Waals surface area contributed by atoms with Crippen LogP contribution < -0.4 is 16.2 Å². The first-order chi connectivity index (χ1) is 9.82. The first-order valence-electron chi connectivity index (χ1n) is 6.50. The van der Waals surface area contributed by atoms with Crippen LogP contribution in [0.5, 0.6) is 0 Å². The summed E-state index contributed by atoms with van der Waals surface area (Å²) < 4.78 is 27.2. The first-order valence-corrected chi connectivity index (χ1v) is 8.04. The van der Waals surface area contributed by atoms with E-state index in [1.807, 2.05) is 6.92 Å². The third kappa shape index (κ3) is 6.56. The first kappa shape index (κ1) is 17.4. The monoisotopic (exact) mass is 314 g/mol. The summed E-state index contributed by atoms with van der Waals surface area (Å²) in [5.41, 5.74) is 6.70. The average molecular weight is 314 g/mol. The maximum atomic E-state index is 11.1. The Bertz CT molecular complexity index is 570. The van der Waals surface area contributed by atoms with Crippen LogP contribution in [-0.4, -0.2) is 40.7 Å². The minimum absolute atomic E-state index is 0.0906. The van der Waals surface area contributed by atoms with Gasteiger partial charge < -0.3 is 15.8 Å². The van der Waals surface area contributed by atoms with Gasteiger partial charge in [-0.2, -0.15) is 0 Å². The van der Waals surface area contributed by atoms with E-state index in [0.29, 0.717) is 25.5 Å². The second kappa shape index (κ2) is 7.96. The molecule has 0 fully saturated rings. The van der Waals surface area contributed by atoms with E-state index in [4.69, 9.17) is 15.6 Å². The van der Waals surface area contributed by atoms with E-state index in [0.717, 1.165) is 5.56 Å². The van der Waals surface area contributed by atoms with Gasteiger partial charge in [0, 0.05) is 19.7 Å². The minimum atomic E-state index is -3.64. The van der Waals surface area contributed by atoms with Crippen molar-refractivity contribution in [2.24, 2.45) is 15.9 Å². The van der Waals surface area contributed by atoms with E-state index in [9.17, 15) is 8.42 Å². The van der Waals surface area contributed by atoms with Gasteiger partial charge in [-0.3, -0.25) is 4.99 Å². The lowest BCUT2D eigenvalue weighted by Crippen LogP contribution is -2.40. The molecule has 0 aliphatic heterocycles. The molecule has 118 valence electrons. The van der Waals surface area contributed by atoms with Crippen LogP contribution in [0, 0.1) is 0 Å². The lowest BCUT2D eigenvalue weighted by molar-refractivity contribution is 0.179. The van der Waals surface area contributed by atoms with Crippen LogP contribution in [0.3, 0.4) is 0 Å². The number of primary sulfonamides is 1. The molecule has 0 aromatic heterocycles. The molecule has 0 heterocycles. The van der Waals surface area contributed by atoms with Gasteiger partial charge in [-0.25, -0.2) is 13.6 Å². The van der Waals surface area contributed by atoms with Gasteiger partial charge in [0.15, 0.2) is 5.96 Å². The van der Waals surface area contributed by atoms with Gasteiger partial charge in [0.1, 0.15) is 0 Å². The second-order valence-corrected chi connectivity index (χ2v) is 6.27. The molecule has 5 N–H and O–H groups in total. The topological polar surface area (TPSA) is 120 Å². The number of ether oxygens (including phenoxy) is 1. The Morgan fingerprint density at radius 3 is 2.52 bits per heavy atom. The summed E-state index contributed by atoms with van der Waals surface area (Å²) >= 11 is 0. The van der Waals surface area contributed by atoms with Crippen LogP contribution in [0.4, 0.5) is 0 Å². The Morgan fingerprint density at radius 1 is 1.38 bits per heavy atom. The molecular weight excluding hydrogens is 292 g/mol. The van der Waals surface area contributed by atoms with Crippen molar-refractivity contribution in [2.75, 3.05) is 20.3 Å². The number of nitrogens with one attached hydrogen (secondary N) is 1. The Kier molecular flexibility index (Phi) is 6.60. The maximum absolute atomic E-state index is 11.1. The molecule has 1 atom stereocenters. The molecule has 8 heteroatoms. The van der Waals surface area contributed by atoms with E-state index in [1.54, 1.807) is 19.2 Å². The summed E-state index contributed by atoms with van der Waals surface area (Å²) in [7, 11) is -2.02. The molecule has 7 nitrogen and oxygen atoms in total. The molecule has 0 bridgehead atoms. The number of hydrogen-bond donors (Lipinski definition) is 3. The average Bonchev–Trinajstić information content (AvgIpc) is 2.38. The summed E-state index contributed by atoms with van der Waals surface area (Å²) in [5.74, 6) is 0.362. The zero-order valence-corrected chi connectivity index (χ0v) is 13.1. The third-order valence-corrected chi connectivity index (χ3v) is 3.67. The van der Waals surface area contributed by atoms with Crippen molar-refractivity contribution in [2.45, 2.75) is 24.3 Å². The predicted octanol–water partition coefficient (Wildman–Crippen LogP) is -0.184. The van der Waals surface area contributed by atoms with Crippen molar-refractivity contribution >= 4 is 16.0 Å². The molecular formula is C13H22N4O3S. The van der Waals surface area contributed by atoms with Gasteiger partial charge in [0.25, 0.3) is 0 Å². The number of rotatable bonds is 7. The third-order valence-electron chi connectivity index (χ3n) is 2.75. The summed E-state index contributed by atoms with van der Waals surface area (Å²) in [5, 5.41) is 8.04. The standard InChI is InChI=1S/C13H22N4O3S/c1-10(9-20-2)17-13(14)16-8-7-11-3-5-12(6-4-11)21(15,18)19/h3-6,10H,7-9H2,1-2H3,(H3,14,16,17)(H2,15,18,19). The fourth-order valence-corrected chi connectivity index (χ4v) is 2.26. The van der Waals surface area contributed by atoms with Crippen LogP contribution in [0.15, 0.2) is 34.2 Å². The van der Waals surface area contributed by atoms with Crippen molar-refractivity contribution in [3.05, 3.63) is 29.8 Å². The summed E-state index contributed by atoms with van der Waals surface area (Å²) in [4.78, 5) is 4.30. The van der Waals surface area contributed by atoms with E-state index in [2.05, 4.69) is 10.3 Å². The Labute approximate surface area is 125 Å². The van der Waals surface area contributed by atoms with Crippen LogP contribution >= 0.6 is 0 Å². The lowest BCUT2D eigenvalue weighted by Gasteiger charge is -2.13. The SMILES string of the molecule is COCC(C)NC(N)=NCCc1ccc(S(N)(=O)=O)cc1. The fraction of sp³-hybridized carbons (Fsp3) is 0.462. The molecule has 0 spiro atoms. The van der Waals surface area contributed by atoms with Gasteiger partial charge in [-0.05, 0) is 31.0 Å². The van der Waals surface area contributed by atoms with Crippen LogP contribution in [0.1, 0.15) is 12.5 Å². The van der Waals surface area contributed by atoms with Crippen LogP contribution in [0.25, 0.3) is 0 Å². The van der Waals surface area contributed by atoms with Crippen molar-refractivity contribution in [1.82, 2.24) is 5.32 Å². The molecule has 0 saturated heterocycles. The van der Waals surface area contributed by atoms with Crippen LogP contribution in [0.2, 0.25) is 0 Å². The number of guanidine groups is 1. The normalized spacial score (nSPS) is 14.0. The fourth-order valence-electron chi connectivity index (χ4n) is 1.74. The molecule has 0 aliphatic rings. The highest BCUT2D eigenvalue weighted by atomic mass is 32.2. The predicted molar refractivity (Wildman–Crippen MR) is 82.5 cm³/mol. The van der Waals surface area contributed by atoms with Gasteiger partial charge in [0.2, 0.25) is 10.0 Å². The molecule has 1 aromatic carbocycles. The Hall–Kier alpha value is -1.64. The molecule has 1 aromatic rings. The highest BCUT2D eigenvalue weighted by Gasteiger charge is 2.06. The second-order valence-electron chi connectivity index (χ2n) is 4.71. The van der Waals surface area contributed by atoms with Crippen molar-refractivity contribution in [1.29, 1.82) is 0 Å². The highest BCUT2D eigenvalue weighted by molar-refractivity contribution is 7.89. The van der Waals surface area contributed by atoms with Gasteiger partial charge in [-0.1, -0.05) is 12.1 Å². The van der Waals surface area contributed by atoms with Crippen molar-refractivity contribution in [3.8, 4) is 0 Å². The molecule has 0 amide bonds. The molecule has 1 unspecified atom stereocenters. The summed E-state index contributed by atoms with van der Waals surface area (Å²) in [6.07, 6.45) is 0.659. The molecule has 0 radical (unpaired) electrons. The number of hydrogen-bond acceptors (Lipinski definition) is 4. The summed E-state index contributed by atoms with van der Waals surface area (Å²) in [6.45, 7) is 3.00. The zero-order chi connectivity index (χ0) is 15.9. The number of sulfonamides is 1. The van der Waals surface area contributed by atoms with Crippen molar-refractivity contribution in [3.63, 3.8) is 0 Å². The number of methoxy groups -OCH3 is 1. The van der Waals surface area contributed by atoms with E-state index < -0.39 is 10.0 Å². The largest absolute Gasteiger partial charge is 0.383 e. The number of nitrogens with two attached hydrogens (primary N) is 2. The molecule has 0 saturated carbocycles. The van der Waals surface area contributed by atoms with Crippen molar-refractivity contribution < 1.29 is 13.2 Å². The highest BCUT2D eigenvalue weighted by Crippen LogP contribution is 2.09. The Balaban J connectivity index is 2.48. The quantitative estimate of drug-likeness (QED) is 0.476. The number of nitrogens with zero attached hydrogens (tertiary/aromatic N) is 1. The van der Waals surface area contributed by atoms with Gasteiger partial charge in [-0.15, -0.1) is 0 Å². The van der Waals surface area contributed by atoms with E-state index in [-0.39, 0.29) is 10.9 Å². The molecule has 0 aliphatic carbocycles. The van der Waals surface area contributed by atoms with E-state index >= 15 is 0 Å². The maximum Gasteiger partial charge on any atom is 0.238 e. The lowest BCUT2D eigenvalue weighted by atomic mass is 10.1. The van der Waals surface area contributed by atoms with Crippen LogP contribution in [-0.2, 0) is 21.2 Å². The zero-order valence-electron chi connectivity index (χ0n) is 12.2. The smallest absolute Gasteiger partial charge is 0.238 e. The van der Waals surface area contributed by atoms with Gasteiger partial charge in [0.05, 0.1) is 11.5 Å². The molecule has 1 rings (SSSR count). The number of aliphatic imine (C=N–C) groups is 1. The van der Waals surface area contributed by atoms with Gasteiger partial charge >= 0.3 is 0 Å². The summed E-state index contributed by atoms with van der Waals surface area (Å²) in [6, 6.07) is 6.49. The molecule has 21 heavy (non-hydrogen) atoms. The number of benzene rings is 1.